The second-order valence-electron chi connectivity index (χ2n) is 2.45. The summed E-state index contributed by atoms with van der Waals surface area (Å²) in [4.78, 5) is 0. The van der Waals surface area contributed by atoms with E-state index < -0.39 is 0 Å². The summed E-state index contributed by atoms with van der Waals surface area (Å²) in [7, 11) is 1.75. The highest BCUT2D eigenvalue weighted by Gasteiger charge is 1.95. The first-order valence-electron chi connectivity index (χ1n) is 3.98. The van der Waals surface area contributed by atoms with E-state index in [9.17, 15) is 0 Å². The van der Waals surface area contributed by atoms with Gasteiger partial charge in [-0.1, -0.05) is 27.7 Å². The molecule has 11 heavy (non-hydrogen) atoms. The van der Waals surface area contributed by atoms with Gasteiger partial charge >= 0.3 is 0 Å². The third-order valence-corrected chi connectivity index (χ3v) is 1.02. The third-order valence-electron chi connectivity index (χ3n) is 1.02. The largest absolute Gasteiger partial charge is 0.401 e. The molecule has 0 aromatic rings. The molecule has 0 atom stereocenters. The van der Waals surface area contributed by atoms with Crippen LogP contribution >= 0.6 is 0 Å². The van der Waals surface area contributed by atoms with Crippen LogP contribution in [0.1, 0.15) is 27.7 Å². The summed E-state index contributed by atoms with van der Waals surface area (Å²) < 4.78 is 0. The van der Waals surface area contributed by atoms with Gasteiger partial charge in [0.1, 0.15) is 0 Å². The SMILES string of the molecule is CC.CC(C)/C(N)=C/N(C)N. The highest BCUT2D eigenvalue weighted by molar-refractivity contribution is 4.96. The average molecular weight is 159 g/mol. The van der Waals surface area contributed by atoms with E-state index in [1.807, 2.05) is 27.7 Å². The Balaban J connectivity index is 0. The molecule has 3 heteroatoms. The van der Waals surface area contributed by atoms with Crippen LogP contribution in [0.2, 0.25) is 0 Å². The van der Waals surface area contributed by atoms with E-state index in [0.29, 0.717) is 5.92 Å². The summed E-state index contributed by atoms with van der Waals surface area (Å²) in [5.41, 5.74) is 6.36. The van der Waals surface area contributed by atoms with Crippen molar-refractivity contribution in [1.29, 1.82) is 0 Å². The molecule has 0 aliphatic rings. The molecular formula is C8H21N3. The zero-order valence-corrected chi connectivity index (χ0v) is 8.26. The average Bonchev–Trinajstić information content (AvgIpc) is 1.90. The summed E-state index contributed by atoms with van der Waals surface area (Å²) in [6, 6.07) is 0. The van der Waals surface area contributed by atoms with Gasteiger partial charge in [0.25, 0.3) is 0 Å². The Hall–Kier alpha value is -0.700. The van der Waals surface area contributed by atoms with Gasteiger partial charge in [0, 0.05) is 18.9 Å². The number of nitrogens with zero attached hydrogens (tertiary/aromatic N) is 1. The summed E-state index contributed by atoms with van der Waals surface area (Å²) in [6.07, 6.45) is 1.71. The fraction of sp³-hybridized carbons (Fsp3) is 0.750. The van der Waals surface area contributed by atoms with Gasteiger partial charge in [-0.3, -0.25) is 0 Å². The fourth-order valence-electron chi connectivity index (χ4n) is 0.384. The minimum atomic E-state index is 0.371. The zero-order chi connectivity index (χ0) is 9.44. The van der Waals surface area contributed by atoms with E-state index in [0.717, 1.165) is 5.70 Å². The Bertz CT molecular complexity index is 106. The van der Waals surface area contributed by atoms with Crippen LogP contribution in [0.5, 0.6) is 0 Å². The molecule has 0 spiro atoms. The van der Waals surface area contributed by atoms with Gasteiger partial charge in [-0.15, -0.1) is 0 Å². The summed E-state index contributed by atoms with van der Waals surface area (Å²) in [6.45, 7) is 8.05. The van der Waals surface area contributed by atoms with Crippen molar-refractivity contribution >= 4 is 0 Å². The predicted molar refractivity (Wildman–Crippen MR) is 50.4 cm³/mol. The van der Waals surface area contributed by atoms with Crippen molar-refractivity contribution in [2.24, 2.45) is 17.5 Å². The molecule has 3 nitrogen and oxygen atoms in total. The first-order valence-corrected chi connectivity index (χ1v) is 3.98. The Kier molecular flexibility index (Phi) is 8.71. The van der Waals surface area contributed by atoms with Gasteiger partial charge in [-0.05, 0) is 5.92 Å². The van der Waals surface area contributed by atoms with Crippen LogP contribution in [0.3, 0.4) is 0 Å². The van der Waals surface area contributed by atoms with E-state index in [1.54, 1.807) is 13.2 Å². The molecule has 0 aromatic carbocycles. The molecule has 0 aliphatic heterocycles. The van der Waals surface area contributed by atoms with Gasteiger partial charge in [-0.2, -0.15) is 0 Å². The molecule has 0 saturated carbocycles. The first-order chi connectivity index (χ1) is 5.04. The molecule has 0 unspecified atom stereocenters. The Morgan fingerprint density at radius 2 is 1.73 bits per heavy atom. The molecular weight excluding hydrogens is 138 g/mol. The molecule has 0 saturated heterocycles. The summed E-state index contributed by atoms with van der Waals surface area (Å²) >= 11 is 0. The molecule has 68 valence electrons. The van der Waals surface area contributed by atoms with Gasteiger partial charge in [0.2, 0.25) is 0 Å². The maximum absolute atomic E-state index is 5.56. The Morgan fingerprint density at radius 1 is 1.36 bits per heavy atom. The Morgan fingerprint density at radius 3 is 1.82 bits per heavy atom. The molecule has 0 aromatic heterocycles. The molecule has 0 bridgehead atoms. The molecule has 0 aliphatic carbocycles. The van der Waals surface area contributed by atoms with Gasteiger partial charge < -0.3 is 10.7 Å². The lowest BCUT2D eigenvalue weighted by Gasteiger charge is -2.09. The lowest BCUT2D eigenvalue weighted by Crippen LogP contribution is -2.22. The van der Waals surface area contributed by atoms with Crippen LogP contribution in [0.4, 0.5) is 0 Å². The molecule has 0 fully saturated rings. The van der Waals surface area contributed by atoms with Crippen molar-refractivity contribution in [3.8, 4) is 0 Å². The standard InChI is InChI=1S/C6H15N3.C2H6/c1-5(2)6(7)4-9(3)8;1-2/h4-5H,7-8H2,1-3H3;1-2H3/b6-4-;. The van der Waals surface area contributed by atoms with E-state index in [4.69, 9.17) is 11.6 Å². The second kappa shape index (κ2) is 7.41. The molecule has 0 radical (unpaired) electrons. The van der Waals surface area contributed by atoms with Crippen molar-refractivity contribution in [2.75, 3.05) is 7.05 Å². The van der Waals surface area contributed by atoms with E-state index in [2.05, 4.69) is 0 Å². The van der Waals surface area contributed by atoms with Gasteiger partial charge in [-0.25, -0.2) is 5.84 Å². The minimum Gasteiger partial charge on any atom is -0.401 e. The summed E-state index contributed by atoms with van der Waals surface area (Å²) in [5, 5.41) is 1.45. The Labute approximate surface area is 70.0 Å². The van der Waals surface area contributed by atoms with Crippen LogP contribution < -0.4 is 11.6 Å². The van der Waals surface area contributed by atoms with Crippen LogP contribution in [-0.2, 0) is 0 Å². The normalized spacial score (nSPS) is 10.6. The highest BCUT2D eigenvalue weighted by Crippen LogP contribution is 2.00. The molecule has 0 heterocycles. The lowest BCUT2D eigenvalue weighted by molar-refractivity contribution is 0.472. The van der Waals surface area contributed by atoms with Crippen LogP contribution in [0.25, 0.3) is 0 Å². The third kappa shape index (κ3) is 9.30. The van der Waals surface area contributed by atoms with Crippen molar-refractivity contribution in [3.05, 3.63) is 11.9 Å². The molecule has 0 amide bonds. The fourth-order valence-corrected chi connectivity index (χ4v) is 0.384. The second-order valence-corrected chi connectivity index (χ2v) is 2.45. The quantitative estimate of drug-likeness (QED) is 0.471. The minimum absolute atomic E-state index is 0.371. The number of hydrogen-bond donors (Lipinski definition) is 2. The van der Waals surface area contributed by atoms with Crippen LogP contribution in [-0.4, -0.2) is 12.1 Å². The number of rotatable bonds is 2. The number of nitrogens with two attached hydrogens (primary N) is 2. The van der Waals surface area contributed by atoms with Crippen LogP contribution in [0, 0.1) is 5.92 Å². The number of hydrogen-bond acceptors (Lipinski definition) is 3. The van der Waals surface area contributed by atoms with Crippen molar-refractivity contribution in [3.63, 3.8) is 0 Å². The van der Waals surface area contributed by atoms with Crippen LogP contribution in [0.15, 0.2) is 11.9 Å². The number of allylic oxidation sites excluding steroid dienone is 1. The monoisotopic (exact) mass is 159 g/mol. The highest BCUT2D eigenvalue weighted by atomic mass is 15.4. The molecule has 0 rings (SSSR count). The van der Waals surface area contributed by atoms with Crippen molar-refractivity contribution in [1.82, 2.24) is 5.01 Å². The maximum Gasteiger partial charge on any atom is 0.0342 e. The van der Waals surface area contributed by atoms with E-state index in [-0.39, 0.29) is 0 Å². The summed E-state index contributed by atoms with van der Waals surface area (Å²) in [5.74, 6) is 5.68. The smallest absolute Gasteiger partial charge is 0.0342 e. The zero-order valence-electron chi connectivity index (χ0n) is 8.26. The molecule has 4 N–H and O–H groups in total. The van der Waals surface area contributed by atoms with E-state index >= 15 is 0 Å². The number of hydrazine groups is 1. The van der Waals surface area contributed by atoms with Gasteiger partial charge in [0.15, 0.2) is 0 Å². The topological polar surface area (TPSA) is 55.3 Å². The predicted octanol–water partition coefficient (Wildman–Crippen LogP) is 1.27. The van der Waals surface area contributed by atoms with Crippen molar-refractivity contribution in [2.45, 2.75) is 27.7 Å². The van der Waals surface area contributed by atoms with E-state index in [1.165, 1.54) is 5.01 Å². The van der Waals surface area contributed by atoms with Crippen molar-refractivity contribution < 1.29 is 0 Å². The lowest BCUT2D eigenvalue weighted by atomic mass is 10.2. The van der Waals surface area contributed by atoms with Gasteiger partial charge in [0.05, 0.1) is 0 Å². The first kappa shape index (κ1) is 12.9. The maximum atomic E-state index is 5.56.